The molecule has 1 amide bonds. The standard InChI is InChI=1S/C22H22BrN3O5/c1-28-18-6-12(14-8-21(27)25-22-15(14)10-24-26-22)4-5-17(18)31-11-13-7-19(29-2)20(30-3)9-16(13)23/h4-7,9-10,14H,8,11H2,1-3H3,(H2,24,25,26,27). The van der Waals surface area contributed by atoms with Gasteiger partial charge in [-0.25, -0.2) is 0 Å². The van der Waals surface area contributed by atoms with Crippen LogP contribution in [0.4, 0.5) is 5.82 Å². The number of anilines is 1. The number of nitrogens with zero attached hydrogens (tertiary/aromatic N) is 1. The largest absolute Gasteiger partial charge is 0.493 e. The van der Waals surface area contributed by atoms with E-state index in [1.807, 2.05) is 36.5 Å². The van der Waals surface area contributed by atoms with Gasteiger partial charge in [-0.1, -0.05) is 22.0 Å². The Morgan fingerprint density at radius 3 is 2.48 bits per heavy atom. The number of methoxy groups -OCH3 is 3. The molecular weight excluding hydrogens is 466 g/mol. The van der Waals surface area contributed by atoms with Crippen molar-refractivity contribution in [3.8, 4) is 23.0 Å². The van der Waals surface area contributed by atoms with Crippen LogP contribution in [0.5, 0.6) is 23.0 Å². The van der Waals surface area contributed by atoms with Gasteiger partial charge in [0, 0.05) is 34.1 Å². The zero-order chi connectivity index (χ0) is 22.0. The summed E-state index contributed by atoms with van der Waals surface area (Å²) in [5, 5.41) is 9.70. The number of benzene rings is 2. The van der Waals surface area contributed by atoms with Crippen LogP contribution in [-0.2, 0) is 11.4 Å². The molecule has 1 aliphatic heterocycles. The maximum Gasteiger partial charge on any atom is 0.226 e. The summed E-state index contributed by atoms with van der Waals surface area (Å²) in [4.78, 5) is 12.1. The van der Waals surface area contributed by atoms with Crippen LogP contribution in [0.2, 0.25) is 0 Å². The van der Waals surface area contributed by atoms with Crippen LogP contribution in [-0.4, -0.2) is 37.4 Å². The number of aromatic amines is 1. The third-order valence-electron chi connectivity index (χ3n) is 5.22. The Morgan fingerprint density at radius 1 is 1.03 bits per heavy atom. The minimum atomic E-state index is -0.106. The molecule has 0 bridgehead atoms. The molecule has 9 heteroatoms. The molecule has 2 aromatic carbocycles. The van der Waals surface area contributed by atoms with Crippen molar-refractivity contribution < 1.29 is 23.7 Å². The van der Waals surface area contributed by atoms with E-state index in [0.717, 1.165) is 21.2 Å². The Morgan fingerprint density at radius 2 is 1.74 bits per heavy atom. The molecular formula is C22H22BrN3O5. The normalized spacial score (nSPS) is 15.1. The van der Waals surface area contributed by atoms with Gasteiger partial charge in [-0.3, -0.25) is 9.89 Å². The predicted molar refractivity (Wildman–Crippen MR) is 118 cm³/mol. The predicted octanol–water partition coefficient (Wildman–Crippen LogP) is 4.25. The Hall–Kier alpha value is -3.20. The summed E-state index contributed by atoms with van der Waals surface area (Å²) in [6.07, 6.45) is 2.15. The monoisotopic (exact) mass is 487 g/mol. The first-order valence-electron chi connectivity index (χ1n) is 9.58. The van der Waals surface area contributed by atoms with Gasteiger partial charge >= 0.3 is 0 Å². The number of H-pyrrole nitrogens is 1. The van der Waals surface area contributed by atoms with Gasteiger partial charge in [0.25, 0.3) is 0 Å². The number of hydrogen-bond donors (Lipinski definition) is 2. The van der Waals surface area contributed by atoms with Crippen molar-refractivity contribution in [3.05, 3.63) is 57.7 Å². The summed E-state index contributed by atoms with van der Waals surface area (Å²) in [5.41, 5.74) is 2.80. The molecule has 0 spiro atoms. The fourth-order valence-electron chi connectivity index (χ4n) is 3.62. The summed E-state index contributed by atoms with van der Waals surface area (Å²) in [6, 6.07) is 9.41. The molecule has 0 aliphatic carbocycles. The van der Waals surface area contributed by atoms with Crippen LogP contribution in [0.15, 0.2) is 41.0 Å². The molecule has 0 saturated carbocycles. The lowest BCUT2D eigenvalue weighted by atomic mass is 9.87. The average molecular weight is 488 g/mol. The number of rotatable bonds is 7. The van der Waals surface area contributed by atoms with Gasteiger partial charge in [-0.2, -0.15) is 5.10 Å². The number of carbonyl (C=O) groups excluding carboxylic acids is 1. The summed E-state index contributed by atoms with van der Waals surface area (Å²) in [5.74, 6) is 2.84. The molecule has 31 heavy (non-hydrogen) atoms. The molecule has 1 atom stereocenters. The minimum Gasteiger partial charge on any atom is -0.493 e. The fraction of sp³-hybridized carbons (Fsp3) is 0.273. The second kappa shape index (κ2) is 8.89. The molecule has 2 N–H and O–H groups in total. The van der Waals surface area contributed by atoms with E-state index >= 15 is 0 Å². The van der Waals surface area contributed by atoms with Crippen LogP contribution in [0.25, 0.3) is 0 Å². The molecule has 0 fully saturated rings. The van der Waals surface area contributed by atoms with Crippen molar-refractivity contribution in [3.63, 3.8) is 0 Å². The van der Waals surface area contributed by atoms with Gasteiger partial charge in [0.2, 0.25) is 5.91 Å². The van der Waals surface area contributed by atoms with Crippen molar-refractivity contribution in [2.75, 3.05) is 26.6 Å². The second-order valence-corrected chi connectivity index (χ2v) is 7.85. The van der Waals surface area contributed by atoms with Gasteiger partial charge in [-0.05, 0) is 29.8 Å². The number of fused-ring (bicyclic) bond motifs is 1. The lowest BCUT2D eigenvalue weighted by Crippen LogP contribution is -2.23. The van der Waals surface area contributed by atoms with Crippen LogP contribution in [0.3, 0.4) is 0 Å². The average Bonchev–Trinajstić information content (AvgIpc) is 3.25. The van der Waals surface area contributed by atoms with E-state index in [-0.39, 0.29) is 11.8 Å². The lowest BCUT2D eigenvalue weighted by Gasteiger charge is -2.23. The van der Waals surface area contributed by atoms with Gasteiger partial charge in [0.15, 0.2) is 28.8 Å². The number of carbonyl (C=O) groups is 1. The molecule has 0 saturated heterocycles. The molecule has 3 aromatic rings. The third kappa shape index (κ3) is 4.18. The van der Waals surface area contributed by atoms with Crippen LogP contribution in [0.1, 0.15) is 29.0 Å². The van der Waals surface area contributed by atoms with E-state index in [9.17, 15) is 4.79 Å². The Balaban J connectivity index is 1.57. The van der Waals surface area contributed by atoms with Crippen LogP contribution < -0.4 is 24.3 Å². The summed E-state index contributed by atoms with van der Waals surface area (Å²) < 4.78 is 23.1. The van der Waals surface area contributed by atoms with E-state index in [1.54, 1.807) is 21.3 Å². The van der Waals surface area contributed by atoms with E-state index in [2.05, 4.69) is 31.4 Å². The molecule has 4 rings (SSSR count). The number of nitrogens with one attached hydrogen (secondary N) is 2. The first-order chi connectivity index (χ1) is 15.0. The topological polar surface area (TPSA) is 94.7 Å². The summed E-state index contributed by atoms with van der Waals surface area (Å²) in [6.45, 7) is 0.300. The highest BCUT2D eigenvalue weighted by Crippen LogP contribution is 2.40. The Kier molecular flexibility index (Phi) is 6.03. The molecule has 1 aromatic heterocycles. The molecule has 0 radical (unpaired) electrons. The van der Waals surface area contributed by atoms with Crippen LogP contribution >= 0.6 is 15.9 Å². The molecule has 2 heterocycles. The zero-order valence-corrected chi connectivity index (χ0v) is 18.9. The summed E-state index contributed by atoms with van der Waals surface area (Å²) >= 11 is 3.55. The zero-order valence-electron chi connectivity index (χ0n) is 17.3. The Bertz CT molecular complexity index is 1110. The maximum atomic E-state index is 12.1. The number of ether oxygens (including phenoxy) is 4. The van der Waals surface area contributed by atoms with Crippen LogP contribution in [0, 0.1) is 0 Å². The minimum absolute atomic E-state index is 0.0674. The van der Waals surface area contributed by atoms with E-state index in [4.69, 9.17) is 18.9 Å². The van der Waals surface area contributed by atoms with E-state index in [0.29, 0.717) is 41.8 Å². The molecule has 1 aliphatic rings. The number of hydrogen-bond acceptors (Lipinski definition) is 6. The quantitative estimate of drug-likeness (QED) is 0.517. The smallest absolute Gasteiger partial charge is 0.226 e. The molecule has 8 nitrogen and oxygen atoms in total. The van der Waals surface area contributed by atoms with Gasteiger partial charge in [0.05, 0.1) is 21.3 Å². The van der Waals surface area contributed by atoms with Gasteiger partial charge < -0.3 is 24.3 Å². The third-order valence-corrected chi connectivity index (χ3v) is 5.96. The van der Waals surface area contributed by atoms with Crippen molar-refractivity contribution in [1.82, 2.24) is 10.2 Å². The number of aromatic nitrogens is 2. The van der Waals surface area contributed by atoms with Crippen molar-refractivity contribution in [2.24, 2.45) is 0 Å². The SMILES string of the molecule is COc1cc(Br)c(COc2ccc(C3CC(=O)Nc4n[nH]cc43)cc2OC)cc1OC. The van der Waals surface area contributed by atoms with E-state index < -0.39 is 0 Å². The van der Waals surface area contributed by atoms with Gasteiger partial charge in [-0.15, -0.1) is 0 Å². The lowest BCUT2D eigenvalue weighted by molar-refractivity contribution is -0.116. The van der Waals surface area contributed by atoms with Crippen molar-refractivity contribution in [2.45, 2.75) is 18.9 Å². The Labute approximate surface area is 188 Å². The van der Waals surface area contributed by atoms with Crippen molar-refractivity contribution in [1.29, 1.82) is 0 Å². The second-order valence-electron chi connectivity index (χ2n) is 6.99. The fourth-order valence-corrected chi connectivity index (χ4v) is 4.06. The number of halogens is 1. The number of amides is 1. The highest BCUT2D eigenvalue weighted by molar-refractivity contribution is 9.10. The van der Waals surface area contributed by atoms with Crippen molar-refractivity contribution >= 4 is 27.7 Å². The summed E-state index contributed by atoms with van der Waals surface area (Å²) in [7, 11) is 4.78. The van der Waals surface area contributed by atoms with E-state index in [1.165, 1.54) is 0 Å². The van der Waals surface area contributed by atoms with Gasteiger partial charge in [0.1, 0.15) is 6.61 Å². The molecule has 162 valence electrons. The molecule has 1 unspecified atom stereocenters. The first-order valence-corrected chi connectivity index (χ1v) is 10.4. The first kappa shape index (κ1) is 21.0. The highest BCUT2D eigenvalue weighted by Gasteiger charge is 2.29. The maximum absolute atomic E-state index is 12.1. The highest BCUT2D eigenvalue weighted by atomic mass is 79.9.